The standard InChI is InChI=1S/C17H34O2/c1-3-5-7-8-9-10-12-14-17(13-11-6-4-2)15-16-18-19-17/h3-16H2,1-2H3. The molecule has 0 saturated carbocycles. The van der Waals surface area contributed by atoms with Gasteiger partial charge in [0.15, 0.2) is 0 Å². The first kappa shape index (κ1) is 17.0. The van der Waals surface area contributed by atoms with Crippen molar-refractivity contribution in [2.45, 2.75) is 103 Å². The van der Waals surface area contributed by atoms with Gasteiger partial charge >= 0.3 is 0 Å². The molecule has 2 nitrogen and oxygen atoms in total. The zero-order valence-electron chi connectivity index (χ0n) is 13.2. The van der Waals surface area contributed by atoms with E-state index in [1.54, 1.807) is 0 Å². The lowest BCUT2D eigenvalue weighted by atomic mass is 9.87. The fourth-order valence-electron chi connectivity index (χ4n) is 3.00. The number of unbranched alkanes of at least 4 members (excludes halogenated alkanes) is 8. The highest BCUT2D eigenvalue weighted by Gasteiger charge is 2.35. The van der Waals surface area contributed by atoms with E-state index in [0.717, 1.165) is 13.0 Å². The fraction of sp³-hybridized carbons (Fsp3) is 1.00. The Balaban J connectivity index is 2.08. The van der Waals surface area contributed by atoms with Crippen LogP contribution < -0.4 is 0 Å². The van der Waals surface area contributed by atoms with Gasteiger partial charge < -0.3 is 0 Å². The Hall–Kier alpha value is -0.0800. The summed E-state index contributed by atoms with van der Waals surface area (Å²) in [5, 5.41) is 0. The molecule has 0 aromatic rings. The molecule has 1 aliphatic heterocycles. The zero-order valence-corrected chi connectivity index (χ0v) is 13.2. The van der Waals surface area contributed by atoms with Gasteiger partial charge in [-0.2, -0.15) is 0 Å². The lowest BCUT2D eigenvalue weighted by Gasteiger charge is -2.25. The van der Waals surface area contributed by atoms with Gasteiger partial charge in [-0.05, 0) is 12.8 Å². The van der Waals surface area contributed by atoms with Gasteiger partial charge in [-0.3, -0.25) is 0 Å². The van der Waals surface area contributed by atoms with E-state index < -0.39 is 0 Å². The van der Waals surface area contributed by atoms with E-state index >= 15 is 0 Å². The molecule has 2 heteroatoms. The topological polar surface area (TPSA) is 18.5 Å². The molecule has 114 valence electrons. The highest BCUT2D eigenvalue weighted by Crippen LogP contribution is 2.34. The highest BCUT2D eigenvalue weighted by atomic mass is 17.2. The minimum absolute atomic E-state index is 0.0680. The van der Waals surface area contributed by atoms with Gasteiger partial charge in [-0.25, -0.2) is 9.78 Å². The van der Waals surface area contributed by atoms with Crippen LogP contribution in [0.4, 0.5) is 0 Å². The minimum atomic E-state index is 0.0680. The minimum Gasteiger partial charge on any atom is -0.236 e. The number of rotatable bonds is 12. The van der Waals surface area contributed by atoms with Crippen molar-refractivity contribution in [2.75, 3.05) is 6.61 Å². The molecule has 0 spiro atoms. The third-order valence-electron chi connectivity index (χ3n) is 4.35. The molecule has 1 unspecified atom stereocenters. The molecule has 1 saturated heterocycles. The van der Waals surface area contributed by atoms with Crippen LogP contribution in [-0.4, -0.2) is 12.2 Å². The SMILES string of the molecule is CCCCCCCCCC1(CCCCC)CCOO1. The molecule has 1 rings (SSSR count). The zero-order chi connectivity index (χ0) is 13.8. The van der Waals surface area contributed by atoms with E-state index in [4.69, 9.17) is 9.78 Å². The molecule has 0 aliphatic carbocycles. The van der Waals surface area contributed by atoms with E-state index in [1.165, 1.54) is 77.0 Å². The van der Waals surface area contributed by atoms with E-state index in [-0.39, 0.29) is 5.60 Å². The van der Waals surface area contributed by atoms with Crippen molar-refractivity contribution in [1.82, 2.24) is 0 Å². The predicted molar refractivity (Wildman–Crippen MR) is 81.1 cm³/mol. The highest BCUT2D eigenvalue weighted by molar-refractivity contribution is 4.81. The maximum absolute atomic E-state index is 5.63. The molecule has 1 aliphatic rings. The molecule has 0 bridgehead atoms. The van der Waals surface area contributed by atoms with Gasteiger partial charge in [0, 0.05) is 6.42 Å². The maximum atomic E-state index is 5.63. The van der Waals surface area contributed by atoms with Crippen molar-refractivity contribution in [1.29, 1.82) is 0 Å². The molecule has 0 amide bonds. The van der Waals surface area contributed by atoms with Crippen LogP contribution in [0.15, 0.2) is 0 Å². The van der Waals surface area contributed by atoms with Crippen LogP contribution in [-0.2, 0) is 9.78 Å². The quantitative estimate of drug-likeness (QED) is 0.330. The molecule has 1 heterocycles. The largest absolute Gasteiger partial charge is 0.236 e. The van der Waals surface area contributed by atoms with Crippen LogP contribution >= 0.6 is 0 Å². The van der Waals surface area contributed by atoms with Crippen molar-refractivity contribution < 1.29 is 9.78 Å². The second-order valence-corrected chi connectivity index (χ2v) is 6.17. The average Bonchev–Trinajstić information content (AvgIpc) is 2.87. The summed E-state index contributed by atoms with van der Waals surface area (Å²) < 4.78 is 0. The molecule has 1 fully saturated rings. The lowest BCUT2D eigenvalue weighted by molar-refractivity contribution is -0.312. The number of hydrogen-bond donors (Lipinski definition) is 0. The first-order chi connectivity index (χ1) is 9.33. The molecule has 0 aromatic carbocycles. The molecule has 1 atom stereocenters. The van der Waals surface area contributed by atoms with Crippen molar-refractivity contribution in [3.8, 4) is 0 Å². The molecule has 19 heavy (non-hydrogen) atoms. The molecule has 0 N–H and O–H groups in total. The summed E-state index contributed by atoms with van der Waals surface area (Å²) in [7, 11) is 0. The van der Waals surface area contributed by atoms with Crippen molar-refractivity contribution in [2.24, 2.45) is 0 Å². The van der Waals surface area contributed by atoms with Crippen LogP contribution in [0.1, 0.15) is 97.3 Å². The van der Waals surface area contributed by atoms with Crippen molar-refractivity contribution in [3.05, 3.63) is 0 Å². The van der Waals surface area contributed by atoms with Gasteiger partial charge in [0.25, 0.3) is 0 Å². The first-order valence-electron chi connectivity index (χ1n) is 8.63. The van der Waals surface area contributed by atoms with Gasteiger partial charge in [0.05, 0.1) is 6.61 Å². The molecular formula is C17H34O2. The Kier molecular flexibility index (Phi) is 9.54. The summed E-state index contributed by atoms with van der Waals surface area (Å²) in [6.07, 6.45) is 17.0. The molecular weight excluding hydrogens is 236 g/mol. The van der Waals surface area contributed by atoms with E-state index in [9.17, 15) is 0 Å². The first-order valence-corrected chi connectivity index (χ1v) is 8.63. The third-order valence-corrected chi connectivity index (χ3v) is 4.35. The van der Waals surface area contributed by atoms with Crippen LogP contribution in [0.2, 0.25) is 0 Å². The molecule has 0 aromatic heterocycles. The van der Waals surface area contributed by atoms with Crippen LogP contribution in [0.3, 0.4) is 0 Å². The summed E-state index contributed by atoms with van der Waals surface area (Å²) in [5.41, 5.74) is 0.0680. The second-order valence-electron chi connectivity index (χ2n) is 6.17. The Labute approximate surface area is 120 Å². The Morgan fingerprint density at radius 1 is 0.737 bits per heavy atom. The fourth-order valence-corrected chi connectivity index (χ4v) is 3.00. The number of hydrogen-bond acceptors (Lipinski definition) is 2. The monoisotopic (exact) mass is 270 g/mol. The maximum Gasteiger partial charge on any atom is 0.106 e. The van der Waals surface area contributed by atoms with Crippen molar-refractivity contribution in [3.63, 3.8) is 0 Å². The summed E-state index contributed by atoms with van der Waals surface area (Å²) in [6, 6.07) is 0. The van der Waals surface area contributed by atoms with Gasteiger partial charge in [-0.1, -0.05) is 78.1 Å². The molecule has 0 radical (unpaired) electrons. The van der Waals surface area contributed by atoms with E-state index in [1.807, 2.05) is 0 Å². The Morgan fingerprint density at radius 2 is 1.26 bits per heavy atom. The summed E-state index contributed by atoms with van der Waals surface area (Å²) in [4.78, 5) is 10.8. The van der Waals surface area contributed by atoms with Gasteiger partial charge in [-0.15, -0.1) is 0 Å². The van der Waals surface area contributed by atoms with Crippen LogP contribution in [0.25, 0.3) is 0 Å². The van der Waals surface area contributed by atoms with E-state index in [0.29, 0.717) is 0 Å². The van der Waals surface area contributed by atoms with Crippen LogP contribution in [0, 0.1) is 0 Å². The summed E-state index contributed by atoms with van der Waals surface area (Å²) in [6.45, 7) is 5.33. The van der Waals surface area contributed by atoms with E-state index in [2.05, 4.69) is 13.8 Å². The van der Waals surface area contributed by atoms with Crippen LogP contribution in [0.5, 0.6) is 0 Å². The Bertz CT molecular complexity index is 197. The van der Waals surface area contributed by atoms with Gasteiger partial charge in [0.1, 0.15) is 5.60 Å². The predicted octanol–water partition coefficient (Wildman–Crippen LogP) is 5.80. The average molecular weight is 270 g/mol. The van der Waals surface area contributed by atoms with Gasteiger partial charge in [0.2, 0.25) is 0 Å². The normalized spacial score (nSPS) is 23.1. The Morgan fingerprint density at radius 3 is 1.84 bits per heavy atom. The lowest BCUT2D eigenvalue weighted by Crippen LogP contribution is -2.27. The second kappa shape index (κ2) is 10.7. The summed E-state index contributed by atoms with van der Waals surface area (Å²) in [5.74, 6) is 0. The van der Waals surface area contributed by atoms with Crippen molar-refractivity contribution >= 4 is 0 Å². The summed E-state index contributed by atoms with van der Waals surface area (Å²) >= 11 is 0. The smallest absolute Gasteiger partial charge is 0.106 e. The third kappa shape index (κ3) is 7.31.